The SMILES string of the molecule is COCC1OC(n2cc(C)c(=O)[nH]c2=O)C(OC)C1OC. The van der Waals surface area contributed by atoms with Gasteiger partial charge in [0, 0.05) is 33.1 Å². The van der Waals surface area contributed by atoms with Crippen LogP contribution in [0.3, 0.4) is 0 Å². The van der Waals surface area contributed by atoms with Crippen LogP contribution in [0.2, 0.25) is 0 Å². The van der Waals surface area contributed by atoms with Crippen LogP contribution >= 0.6 is 0 Å². The molecule has 0 amide bonds. The lowest BCUT2D eigenvalue weighted by atomic mass is 10.1. The van der Waals surface area contributed by atoms with Gasteiger partial charge in [-0.3, -0.25) is 14.3 Å². The predicted molar refractivity (Wildman–Crippen MR) is 73.4 cm³/mol. The van der Waals surface area contributed by atoms with Gasteiger partial charge in [0.2, 0.25) is 0 Å². The van der Waals surface area contributed by atoms with E-state index in [1.54, 1.807) is 21.1 Å². The maximum atomic E-state index is 12.0. The highest BCUT2D eigenvalue weighted by Gasteiger charge is 2.46. The van der Waals surface area contributed by atoms with E-state index in [0.29, 0.717) is 12.2 Å². The Hall–Kier alpha value is -1.48. The largest absolute Gasteiger partial charge is 0.382 e. The summed E-state index contributed by atoms with van der Waals surface area (Å²) in [7, 11) is 4.62. The van der Waals surface area contributed by atoms with Crippen molar-refractivity contribution in [3.8, 4) is 0 Å². The first-order valence-electron chi connectivity index (χ1n) is 6.55. The van der Waals surface area contributed by atoms with E-state index in [9.17, 15) is 9.59 Å². The van der Waals surface area contributed by atoms with E-state index >= 15 is 0 Å². The predicted octanol–water partition coefficient (Wildman–Crippen LogP) is -0.581. The molecule has 21 heavy (non-hydrogen) atoms. The van der Waals surface area contributed by atoms with Crippen molar-refractivity contribution in [3.05, 3.63) is 32.6 Å². The fourth-order valence-corrected chi connectivity index (χ4v) is 2.54. The Morgan fingerprint density at radius 1 is 1.24 bits per heavy atom. The van der Waals surface area contributed by atoms with Gasteiger partial charge in [0.25, 0.3) is 5.56 Å². The summed E-state index contributed by atoms with van der Waals surface area (Å²) in [6, 6.07) is 0. The minimum atomic E-state index is -0.692. The summed E-state index contributed by atoms with van der Waals surface area (Å²) in [4.78, 5) is 25.7. The molecule has 1 aromatic heterocycles. The summed E-state index contributed by atoms with van der Waals surface area (Å²) in [6.07, 6.45) is -0.464. The molecule has 0 radical (unpaired) electrons. The highest BCUT2D eigenvalue weighted by Crippen LogP contribution is 2.32. The molecular weight excluding hydrogens is 280 g/mol. The second-order valence-electron chi connectivity index (χ2n) is 4.90. The molecule has 8 heteroatoms. The van der Waals surface area contributed by atoms with Crippen molar-refractivity contribution in [2.75, 3.05) is 27.9 Å². The van der Waals surface area contributed by atoms with Crippen molar-refractivity contribution < 1.29 is 18.9 Å². The van der Waals surface area contributed by atoms with E-state index in [0.717, 1.165) is 0 Å². The second-order valence-corrected chi connectivity index (χ2v) is 4.90. The molecule has 118 valence electrons. The molecule has 1 aliphatic rings. The monoisotopic (exact) mass is 300 g/mol. The van der Waals surface area contributed by atoms with Crippen molar-refractivity contribution in [3.63, 3.8) is 0 Å². The molecule has 1 fully saturated rings. The maximum Gasteiger partial charge on any atom is 0.330 e. The van der Waals surface area contributed by atoms with E-state index in [4.69, 9.17) is 18.9 Å². The minimum Gasteiger partial charge on any atom is -0.382 e. The van der Waals surface area contributed by atoms with Crippen LogP contribution in [-0.4, -0.2) is 55.8 Å². The van der Waals surface area contributed by atoms with Gasteiger partial charge in [-0.05, 0) is 6.92 Å². The molecule has 1 aromatic rings. The molecule has 2 rings (SSSR count). The van der Waals surface area contributed by atoms with Gasteiger partial charge in [-0.1, -0.05) is 0 Å². The van der Waals surface area contributed by atoms with Crippen molar-refractivity contribution in [2.45, 2.75) is 31.5 Å². The zero-order valence-corrected chi connectivity index (χ0v) is 12.5. The Kier molecular flexibility index (Phi) is 4.94. The molecule has 0 spiro atoms. The molecule has 1 saturated heterocycles. The normalized spacial score (nSPS) is 29.0. The smallest absolute Gasteiger partial charge is 0.330 e. The number of nitrogens with zero attached hydrogens (tertiary/aromatic N) is 1. The molecule has 1 aliphatic heterocycles. The lowest BCUT2D eigenvalue weighted by molar-refractivity contribution is -0.0673. The first kappa shape index (κ1) is 15.9. The van der Waals surface area contributed by atoms with E-state index < -0.39 is 23.6 Å². The third-order valence-electron chi connectivity index (χ3n) is 3.58. The number of aromatic nitrogens is 2. The highest BCUT2D eigenvalue weighted by molar-refractivity contribution is 5.03. The molecule has 4 unspecified atom stereocenters. The van der Waals surface area contributed by atoms with Gasteiger partial charge in [0.05, 0.1) is 6.61 Å². The Morgan fingerprint density at radius 3 is 2.48 bits per heavy atom. The molecule has 0 aromatic carbocycles. The number of ether oxygens (including phenoxy) is 4. The molecule has 4 atom stereocenters. The van der Waals surface area contributed by atoms with Gasteiger partial charge in [0.1, 0.15) is 18.3 Å². The fourth-order valence-electron chi connectivity index (χ4n) is 2.54. The number of methoxy groups -OCH3 is 3. The Morgan fingerprint density at radius 2 is 1.90 bits per heavy atom. The lowest BCUT2D eigenvalue weighted by Gasteiger charge is -2.22. The number of rotatable bonds is 5. The van der Waals surface area contributed by atoms with Gasteiger partial charge < -0.3 is 18.9 Å². The number of aromatic amines is 1. The summed E-state index contributed by atoms with van der Waals surface area (Å²) in [6.45, 7) is 1.93. The van der Waals surface area contributed by atoms with E-state index in [-0.39, 0.29) is 12.2 Å². The third kappa shape index (κ3) is 2.93. The second kappa shape index (κ2) is 6.52. The molecule has 8 nitrogen and oxygen atoms in total. The van der Waals surface area contributed by atoms with Gasteiger partial charge in [-0.15, -0.1) is 0 Å². The first-order chi connectivity index (χ1) is 10.0. The topological polar surface area (TPSA) is 91.8 Å². The quantitative estimate of drug-likeness (QED) is 0.782. The molecule has 2 heterocycles. The molecular formula is C13H20N2O6. The fraction of sp³-hybridized carbons (Fsp3) is 0.692. The van der Waals surface area contributed by atoms with Gasteiger partial charge >= 0.3 is 5.69 Å². The lowest BCUT2D eigenvalue weighted by Crippen LogP contribution is -2.40. The van der Waals surface area contributed by atoms with Crippen LogP contribution in [0.1, 0.15) is 11.8 Å². The van der Waals surface area contributed by atoms with Gasteiger partial charge in [-0.25, -0.2) is 4.79 Å². The van der Waals surface area contributed by atoms with Crippen LogP contribution in [0, 0.1) is 6.92 Å². The summed E-state index contributed by atoms with van der Waals surface area (Å²) >= 11 is 0. The Bertz CT molecular complexity index is 595. The van der Waals surface area contributed by atoms with Crippen LogP contribution in [0.5, 0.6) is 0 Å². The van der Waals surface area contributed by atoms with E-state index in [1.807, 2.05) is 0 Å². The summed E-state index contributed by atoms with van der Waals surface area (Å²) in [5.74, 6) is 0. The number of H-pyrrole nitrogens is 1. The molecule has 0 bridgehead atoms. The van der Waals surface area contributed by atoms with Crippen molar-refractivity contribution in [2.24, 2.45) is 0 Å². The van der Waals surface area contributed by atoms with Crippen LogP contribution in [0.15, 0.2) is 15.8 Å². The summed E-state index contributed by atoms with van der Waals surface area (Å²) < 4.78 is 23.1. The Labute approximate surface area is 121 Å². The van der Waals surface area contributed by atoms with Crippen LogP contribution in [0.25, 0.3) is 0 Å². The molecule has 0 aliphatic carbocycles. The average molecular weight is 300 g/mol. The number of hydrogen-bond acceptors (Lipinski definition) is 6. The minimum absolute atomic E-state index is 0.311. The highest BCUT2D eigenvalue weighted by atomic mass is 16.6. The van der Waals surface area contributed by atoms with Gasteiger partial charge in [-0.2, -0.15) is 0 Å². The summed E-state index contributed by atoms with van der Waals surface area (Å²) in [5.41, 5.74) is -0.553. The third-order valence-corrected chi connectivity index (χ3v) is 3.58. The van der Waals surface area contributed by atoms with Crippen LogP contribution in [-0.2, 0) is 18.9 Å². The average Bonchev–Trinajstić information content (AvgIpc) is 2.80. The number of aryl methyl sites for hydroxylation is 1. The maximum absolute atomic E-state index is 12.0. The summed E-state index contributed by atoms with van der Waals surface area (Å²) in [5, 5.41) is 0. The zero-order valence-electron chi connectivity index (χ0n) is 12.5. The molecule has 0 saturated carbocycles. The number of hydrogen-bond donors (Lipinski definition) is 1. The van der Waals surface area contributed by atoms with Crippen LogP contribution in [0.4, 0.5) is 0 Å². The molecule has 1 N–H and O–H groups in total. The zero-order chi connectivity index (χ0) is 15.6. The first-order valence-corrected chi connectivity index (χ1v) is 6.55. The van der Waals surface area contributed by atoms with Crippen molar-refractivity contribution in [1.82, 2.24) is 9.55 Å². The van der Waals surface area contributed by atoms with Crippen LogP contribution < -0.4 is 11.2 Å². The standard InChI is InChI=1S/C13H20N2O6/c1-7-5-15(13(17)14-11(7)16)12-10(20-4)9(19-3)8(21-12)6-18-2/h5,8-10,12H,6H2,1-4H3,(H,14,16,17). The van der Waals surface area contributed by atoms with Gasteiger partial charge in [0.15, 0.2) is 6.23 Å². The van der Waals surface area contributed by atoms with Crippen molar-refractivity contribution >= 4 is 0 Å². The van der Waals surface area contributed by atoms with E-state index in [1.165, 1.54) is 17.9 Å². The van der Waals surface area contributed by atoms with E-state index in [2.05, 4.69) is 4.98 Å². The van der Waals surface area contributed by atoms with Crippen molar-refractivity contribution in [1.29, 1.82) is 0 Å². The number of nitrogens with one attached hydrogen (secondary N) is 1. The Balaban J connectivity index is 2.41.